The van der Waals surface area contributed by atoms with Crippen LogP contribution in [0.4, 0.5) is 5.82 Å². The van der Waals surface area contributed by atoms with Gasteiger partial charge in [-0.25, -0.2) is 23.4 Å². The maximum atomic E-state index is 12.7. The Morgan fingerprint density at radius 1 is 1.00 bits per heavy atom. The molecule has 9 nitrogen and oxygen atoms in total. The summed E-state index contributed by atoms with van der Waals surface area (Å²) in [4.78, 5) is 15.0. The largest absolute Gasteiger partial charge is 0.492 e. The average Bonchev–Trinajstić information content (AvgIpc) is 3.20. The minimum atomic E-state index is -3.37. The van der Waals surface area contributed by atoms with Crippen LogP contribution in [0.3, 0.4) is 0 Å². The fraction of sp³-hybridized carbons (Fsp3) is 0.350. The molecule has 30 heavy (non-hydrogen) atoms. The van der Waals surface area contributed by atoms with Gasteiger partial charge in [-0.2, -0.15) is 4.31 Å². The summed E-state index contributed by atoms with van der Waals surface area (Å²) in [5, 5.41) is 0. The molecule has 1 saturated heterocycles. The fourth-order valence-electron chi connectivity index (χ4n) is 3.37. The van der Waals surface area contributed by atoms with E-state index in [-0.39, 0.29) is 12.4 Å². The van der Waals surface area contributed by atoms with Crippen LogP contribution in [0, 0.1) is 6.92 Å². The Morgan fingerprint density at radius 2 is 1.73 bits per heavy atom. The third-order valence-corrected chi connectivity index (χ3v) is 6.85. The Morgan fingerprint density at radius 3 is 2.43 bits per heavy atom. The molecule has 3 aromatic rings. The summed E-state index contributed by atoms with van der Waals surface area (Å²) in [6.07, 6.45) is 5.10. The van der Waals surface area contributed by atoms with Crippen LogP contribution >= 0.6 is 0 Å². The number of piperazine rings is 1. The second-order valence-electron chi connectivity index (χ2n) is 6.94. The molecular formula is C20H24N6O3S. The molecule has 0 aliphatic carbocycles. The van der Waals surface area contributed by atoms with Crippen molar-refractivity contribution in [2.45, 2.75) is 6.92 Å². The molecule has 0 N–H and O–H groups in total. The van der Waals surface area contributed by atoms with Gasteiger partial charge in [-0.3, -0.25) is 4.57 Å². The van der Waals surface area contributed by atoms with E-state index in [1.807, 2.05) is 54.1 Å². The summed E-state index contributed by atoms with van der Waals surface area (Å²) in [5.41, 5.74) is 0. The lowest BCUT2D eigenvalue weighted by molar-refractivity contribution is 0.331. The van der Waals surface area contributed by atoms with Gasteiger partial charge >= 0.3 is 0 Å². The molecule has 0 amide bonds. The van der Waals surface area contributed by atoms with Crippen molar-refractivity contribution in [3.8, 4) is 11.6 Å². The Bertz CT molecular complexity index is 1080. The van der Waals surface area contributed by atoms with Gasteiger partial charge in [0.25, 0.3) is 0 Å². The fourth-order valence-corrected chi connectivity index (χ4v) is 4.64. The zero-order valence-corrected chi connectivity index (χ0v) is 17.6. The quantitative estimate of drug-likeness (QED) is 0.563. The van der Waals surface area contributed by atoms with Crippen LogP contribution in [0.5, 0.6) is 5.75 Å². The SMILES string of the molecule is Cc1nccn1-c1cc(N2CCN(S(=O)(=O)CCOc3ccccc3)CC2)ncn1. The van der Waals surface area contributed by atoms with Crippen molar-refractivity contribution in [3.63, 3.8) is 0 Å². The van der Waals surface area contributed by atoms with Gasteiger partial charge in [-0.15, -0.1) is 0 Å². The Labute approximate surface area is 176 Å². The van der Waals surface area contributed by atoms with Crippen molar-refractivity contribution in [2.24, 2.45) is 0 Å². The number of rotatable bonds is 7. The molecule has 0 atom stereocenters. The monoisotopic (exact) mass is 428 g/mol. The molecule has 0 spiro atoms. The molecule has 0 unspecified atom stereocenters. The van der Waals surface area contributed by atoms with Gasteiger partial charge in [0.15, 0.2) is 0 Å². The van der Waals surface area contributed by atoms with E-state index in [4.69, 9.17) is 4.74 Å². The Hall–Kier alpha value is -2.98. The van der Waals surface area contributed by atoms with Gasteiger partial charge in [0.05, 0.1) is 5.75 Å². The maximum absolute atomic E-state index is 12.7. The van der Waals surface area contributed by atoms with Gasteiger partial charge in [0, 0.05) is 44.6 Å². The number of ether oxygens (including phenoxy) is 1. The number of hydrogen-bond acceptors (Lipinski definition) is 7. The van der Waals surface area contributed by atoms with Gasteiger partial charge in [0.1, 0.15) is 36.1 Å². The smallest absolute Gasteiger partial charge is 0.217 e. The standard InChI is InChI=1S/C20H24N6O3S/c1-17-21-7-8-26(17)20-15-19(22-16-23-20)24-9-11-25(12-10-24)30(27,28)14-13-29-18-5-3-2-4-6-18/h2-8,15-16H,9-14H2,1H3. The zero-order valence-electron chi connectivity index (χ0n) is 16.8. The molecule has 0 bridgehead atoms. The van der Waals surface area contributed by atoms with Crippen molar-refractivity contribution < 1.29 is 13.2 Å². The van der Waals surface area contributed by atoms with Crippen molar-refractivity contribution in [2.75, 3.05) is 43.4 Å². The number of hydrogen-bond donors (Lipinski definition) is 0. The van der Waals surface area contributed by atoms with Crippen LogP contribution in [-0.2, 0) is 10.0 Å². The number of benzene rings is 1. The first-order valence-electron chi connectivity index (χ1n) is 9.76. The summed E-state index contributed by atoms with van der Waals surface area (Å²) in [5.74, 6) is 2.98. The summed E-state index contributed by atoms with van der Waals surface area (Å²) in [6, 6.07) is 11.1. The highest BCUT2D eigenvalue weighted by atomic mass is 32.2. The second kappa shape index (κ2) is 8.80. The maximum Gasteiger partial charge on any atom is 0.217 e. The molecule has 4 rings (SSSR count). The summed E-state index contributed by atoms with van der Waals surface area (Å²) in [6.45, 7) is 4.00. The predicted octanol–water partition coefficient (Wildman–Crippen LogP) is 1.50. The number of sulfonamides is 1. The number of aryl methyl sites for hydroxylation is 1. The minimum Gasteiger partial charge on any atom is -0.492 e. The lowest BCUT2D eigenvalue weighted by atomic mass is 10.3. The van der Waals surface area contributed by atoms with E-state index in [1.54, 1.807) is 6.20 Å². The van der Waals surface area contributed by atoms with Gasteiger partial charge in [-0.1, -0.05) is 18.2 Å². The van der Waals surface area contributed by atoms with E-state index >= 15 is 0 Å². The van der Waals surface area contributed by atoms with E-state index in [1.165, 1.54) is 10.6 Å². The number of anilines is 1. The molecule has 2 aromatic heterocycles. The zero-order chi connectivity index (χ0) is 21.0. The summed E-state index contributed by atoms with van der Waals surface area (Å²) < 4.78 is 34.3. The van der Waals surface area contributed by atoms with Crippen molar-refractivity contribution in [1.29, 1.82) is 0 Å². The molecule has 1 aliphatic heterocycles. The van der Waals surface area contributed by atoms with Crippen molar-refractivity contribution in [1.82, 2.24) is 23.8 Å². The van der Waals surface area contributed by atoms with E-state index in [0.29, 0.717) is 31.9 Å². The van der Waals surface area contributed by atoms with Crippen molar-refractivity contribution >= 4 is 15.8 Å². The molecule has 0 saturated carbocycles. The number of nitrogens with zero attached hydrogens (tertiary/aromatic N) is 6. The average molecular weight is 429 g/mol. The topological polar surface area (TPSA) is 93.5 Å². The highest BCUT2D eigenvalue weighted by Crippen LogP contribution is 2.18. The Balaban J connectivity index is 1.34. The van der Waals surface area contributed by atoms with Crippen molar-refractivity contribution in [3.05, 3.63) is 60.9 Å². The van der Waals surface area contributed by atoms with Gasteiger partial charge in [-0.05, 0) is 19.1 Å². The van der Waals surface area contributed by atoms with Crippen LogP contribution in [-0.4, -0.2) is 70.8 Å². The van der Waals surface area contributed by atoms with Crippen LogP contribution in [0.15, 0.2) is 55.1 Å². The molecule has 1 fully saturated rings. The molecule has 158 valence electrons. The summed E-state index contributed by atoms with van der Waals surface area (Å²) >= 11 is 0. The van der Waals surface area contributed by atoms with Crippen LogP contribution in [0.1, 0.15) is 5.82 Å². The first-order valence-corrected chi connectivity index (χ1v) is 11.4. The molecule has 1 aliphatic rings. The first kappa shape index (κ1) is 20.3. The summed E-state index contributed by atoms with van der Waals surface area (Å²) in [7, 11) is -3.37. The van der Waals surface area contributed by atoms with Gasteiger partial charge in [0.2, 0.25) is 10.0 Å². The third-order valence-electron chi connectivity index (χ3n) is 5.02. The van der Waals surface area contributed by atoms with Crippen LogP contribution in [0.25, 0.3) is 5.82 Å². The molecule has 1 aromatic carbocycles. The van der Waals surface area contributed by atoms with E-state index in [0.717, 1.165) is 17.5 Å². The highest BCUT2D eigenvalue weighted by Gasteiger charge is 2.27. The number of aromatic nitrogens is 4. The molecular weight excluding hydrogens is 404 g/mol. The third kappa shape index (κ3) is 4.60. The van der Waals surface area contributed by atoms with E-state index in [9.17, 15) is 8.42 Å². The highest BCUT2D eigenvalue weighted by molar-refractivity contribution is 7.89. The van der Waals surface area contributed by atoms with Crippen LogP contribution in [0.2, 0.25) is 0 Å². The minimum absolute atomic E-state index is 0.0422. The lowest BCUT2D eigenvalue weighted by Crippen LogP contribution is -2.50. The number of para-hydroxylation sites is 1. The predicted molar refractivity (Wildman–Crippen MR) is 113 cm³/mol. The first-order chi connectivity index (χ1) is 14.5. The van der Waals surface area contributed by atoms with E-state index in [2.05, 4.69) is 19.9 Å². The van der Waals surface area contributed by atoms with Gasteiger partial charge < -0.3 is 9.64 Å². The van der Waals surface area contributed by atoms with Crippen LogP contribution < -0.4 is 9.64 Å². The molecule has 0 radical (unpaired) electrons. The number of imidazole rings is 1. The second-order valence-corrected chi connectivity index (χ2v) is 9.03. The normalized spacial score (nSPS) is 15.3. The van der Waals surface area contributed by atoms with E-state index < -0.39 is 10.0 Å². The lowest BCUT2D eigenvalue weighted by Gasteiger charge is -2.34. The Kier molecular flexibility index (Phi) is 5.96. The molecule has 3 heterocycles. The molecule has 10 heteroatoms.